The molecule has 0 amide bonds. The summed E-state index contributed by atoms with van der Waals surface area (Å²) >= 11 is 3.18. The maximum absolute atomic E-state index is 13.2. The Labute approximate surface area is 108 Å². The highest BCUT2D eigenvalue weighted by molar-refractivity contribution is 9.10. The Morgan fingerprint density at radius 2 is 2.29 bits per heavy atom. The molecule has 0 saturated heterocycles. The van der Waals surface area contributed by atoms with E-state index in [9.17, 15) is 4.39 Å². The smallest absolute Gasteiger partial charge is 0.137 e. The number of anilines is 1. The van der Waals surface area contributed by atoms with Crippen LogP contribution in [0.5, 0.6) is 0 Å². The molecule has 0 bridgehead atoms. The van der Waals surface area contributed by atoms with Gasteiger partial charge in [-0.25, -0.2) is 4.39 Å². The fourth-order valence-corrected chi connectivity index (χ4v) is 1.92. The van der Waals surface area contributed by atoms with Gasteiger partial charge in [0.05, 0.1) is 11.0 Å². The molecule has 17 heavy (non-hydrogen) atoms. The van der Waals surface area contributed by atoms with E-state index in [1.807, 2.05) is 23.9 Å². The van der Waals surface area contributed by atoms with E-state index < -0.39 is 0 Å². The minimum Gasteiger partial charge on any atom is -0.383 e. The molecule has 0 atom stereocenters. The summed E-state index contributed by atoms with van der Waals surface area (Å²) in [5, 5.41) is 7.37. The van der Waals surface area contributed by atoms with Crippen molar-refractivity contribution in [3.05, 3.63) is 46.4 Å². The first-order chi connectivity index (χ1) is 8.16. The van der Waals surface area contributed by atoms with Crippen LogP contribution in [0.4, 0.5) is 10.1 Å². The molecule has 5 heteroatoms. The second-order valence-electron chi connectivity index (χ2n) is 3.78. The van der Waals surface area contributed by atoms with Gasteiger partial charge in [-0.2, -0.15) is 5.10 Å². The van der Waals surface area contributed by atoms with Gasteiger partial charge in [-0.3, -0.25) is 4.68 Å². The molecule has 90 valence electrons. The lowest BCUT2D eigenvalue weighted by molar-refractivity contribution is 0.619. The normalized spacial score (nSPS) is 10.5. The number of aromatic nitrogens is 2. The van der Waals surface area contributed by atoms with Crippen LogP contribution in [0.2, 0.25) is 0 Å². The standard InChI is InChI=1S/C12H13BrFN3/c1-9-7-11(14)10(13)8-12(9)15-4-6-17-5-2-3-16-17/h2-3,5,7-8,15H,4,6H2,1H3. The summed E-state index contributed by atoms with van der Waals surface area (Å²) in [7, 11) is 0. The first kappa shape index (κ1) is 12.1. The molecule has 0 fully saturated rings. The number of aryl methyl sites for hydroxylation is 1. The maximum Gasteiger partial charge on any atom is 0.137 e. The van der Waals surface area contributed by atoms with E-state index in [1.54, 1.807) is 12.3 Å². The van der Waals surface area contributed by atoms with Crippen molar-refractivity contribution in [3.8, 4) is 0 Å². The van der Waals surface area contributed by atoms with E-state index >= 15 is 0 Å². The third-order valence-electron chi connectivity index (χ3n) is 2.48. The molecule has 1 aromatic heterocycles. The highest BCUT2D eigenvalue weighted by Crippen LogP contribution is 2.23. The number of nitrogens with zero attached hydrogens (tertiary/aromatic N) is 2. The van der Waals surface area contributed by atoms with E-state index in [2.05, 4.69) is 26.3 Å². The Bertz CT molecular complexity index is 497. The van der Waals surface area contributed by atoms with Crippen molar-refractivity contribution in [2.24, 2.45) is 0 Å². The quantitative estimate of drug-likeness (QED) is 0.939. The van der Waals surface area contributed by atoms with Crippen LogP contribution in [-0.2, 0) is 6.54 Å². The molecule has 1 heterocycles. The second-order valence-corrected chi connectivity index (χ2v) is 4.63. The van der Waals surface area contributed by atoms with Gasteiger partial charge in [0, 0.05) is 24.6 Å². The summed E-state index contributed by atoms with van der Waals surface area (Å²) in [5.41, 5.74) is 1.83. The molecule has 3 nitrogen and oxygen atoms in total. The molecular formula is C12H13BrFN3. The lowest BCUT2D eigenvalue weighted by Gasteiger charge is -2.10. The first-order valence-electron chi connectivity index (χ1n) is 5.34. The van der Waals surface area contributed by atoms with E-state index in [4.69, 9.17) is 0 Å². The number of halogens is 2. The van der Waals surface area contributed by atoms with E-state index in [1.165, 1.54) is 6.07 Å². The van der Waals surface area contributed by atoms with Crippen LogP contribution in [0.3, 0.4) is 0 Å². The van der Waals surface area contributed by atoms with Crippen LogP contribution in [0.25, 0.3) is 0 Å². The van der Waals surface area contributed by atoms with E-state index in [0.717, 1.165) is 24.3 Å². The van der Waals surface area contributed by atoms with Gasteiger partial charge >= 0.3 is 0 Å². The predicted molar refractivity (Wildman–Crippen MR) is 69.6 cm³/mol. The molecule has 0 aliphatic heterocycles. The van der Waals surface area contributed by atoms with E-state index in [-0.39, 0.29) is 5.82 Å². The lowest BCUT2D eigenvalue weighted by atomic mass is 10.2. The van der Waals surface area contributed by atoms with Crippen molar-refractivity contribution < 1.29 is 4.39 Å². The lowest BCUT2D eigenvalue weighted by Crippen LogP contribution is -2.11. The molecule has 0 aliphatic carbocycles. The van der Waals surface area contributed by atoms with Gasteiger partial charge in [0.15, 0.2) is 0 Å². The van der Waals surface area contributed by atoms with Crippen molar-refractivity contribution >= 4 is 21.6 Å². The highest BCUT2D eigenvalue weighted by Gasteiger charge is 2.04. The Morgan fingerprint density at radius 3 is 3.00 bits per heavy atom. The van der Waals surface area contributed by atoms with Gasteiger partial charge in [-0.15, -0.1) is 0 Å². The number of hydrogen-bond acceptors (Lipinski definition) is 2. The van der Waals surface area contributed by atoms with Gasteiger partial charge in [0.25, 0.3) is 0 Å². The molecule has 0 saturated carbocycles. The van der Waals surface area contributed by atoms with Crippen LogP contribution in [0.1, 0.15) is 5.56 Å². The largest absolute Gasteiger partial charge is 0.383 e. The molecule has 0 radical (unpaired) electrons. The Balaban J connectivity index is 1.97. The minimum absolute atomic E-state index is 0.236. The summed E-state index contributed by atoms with van der Waals surface area (Å²) in [6, 6.07) is 5.16. The van der Waals surface area contributed by atoms with Gasteiger partial charge in [0.1, 0.15) is 5.82 Å². The third kappa shape index (κ3) is 3.06. The summed E-state index contributed by atoms with van der Waals surface area (Å²) in [6.45, 7) is 3.41. The molecule has 0 aliphatic rings. The van der Waals surface area contributed by atoms with Gasteiger partial charge in [-0.1, -0.05) is 0 Å². The fraction of sp³-hybridized carbons (Fsp3) is 0.250. The summed E-state index contributed by atoms with van der Waals surface area (Å²) in [4.78, 5) is 0. The summed E-state index contributed by atoms with van der Waals surface area (Å²) in [6.07, 6.45) is 3.66. The fourth-order valence-electron chi connectivity index (χ4n) is 1.57. The van der Waals surface area contributed by atoms with Crippen LogP contribution in [-0.4, -0.2) is 16.3 Å². The van der Waals surface area contributed by atoms with Crippen LogP contribution in [0, 0.1) is 12.7 Å². The zero-order chi connectivity index (χ0) is 12.3. The van der Waals surface area contributed by atoms with Crippen LogP contribution >= 0.6 is 15.9 Å². The number of nitrogens with one attached hydrogen (secondary N) is 1. The monoisotopic (exact) mass is 297 g/mol. The molecule has 1 aromatic carbocycles. The van der Waals surface area contributed by atoms with Gasteiger partial charge < -0.3 is 5.32 Å². The molecule has 2 aromatic rings. The SMILES string of the molecule is Cc1cc(F)c(Br)cc1NCCn1cccn1. The molecule has 0 spiro atoms. The molecule has 2 rings (SSSR count). The van der Waals surface area contributed by atoms with Gasteiger partial charge in [-0.05, 0) is 46.6 Å². The summed E-state index contributed by atoms with van der Waals surface area (Å²) < 4.78 is 15.5. The summed E-state index contributed by atoms with van der Waals surface area (Å²) in [5.74, 6) is -0.236. The van der Waals surface area contributed by atoms with Crippen LogP contribution < -0.4 is 5.32 Å². The Hall–Kier alpha value is -1.36. The molecular weight excluding hydrogens is 285 g/mol. The van der Waals surface area contributed by atoms with Crippen molar-refractivity contribution in [2.45, 2.75) is 13.5 Å². The Kier molecular flexibility index (Phi) is 3.78. The average Bonchev–Trinajstić information content (AvgIpc) is 2.78. The third-order valence-corrected chi connectivity index (χ3v) is 3.09. The highest BCUT2D eigenvalue weighted by atomic mass is 79.9. The number of hydrogen-bond donors (Lipinski definition) is 1. The number of rotatable bonds is 4. The predicted octanol–water partition coefficient (Wildman–Crippen LogP) is 3.21. The van der Waals surface area contributed by atoms with Crippen molar-refractivity contribution in [2.75, 3.05) is 11.9 Å². The minimum atomic E-state index is -0.236. The zero-order valence-corrected chi connectivity index (χ0v) is 11.0. The topological polar surface area (TPSA) is 29.9 Å². The van der Waals surface area contributed by atoms with Crippen LogP contribution in [0.15, 0.2) is 35.1 Å². The maximum atomic E-state index is 13.2. The molecule has 0 unspecified atom stereocenters. The second kappa shape index (κ2) is 5.31. The first-order valence-corrected chi connectivity index (χ1v) is 6.13. The van der Waals surface area contributed by atoms with E-state index in [0.29, 0.717) is 4.47 Å². The van der Waals surface area contributed by atoms with Gasteiger partial charge in [0.2, 0.25) is 0 Å². The molecule has 1 N–H and O–H groups in total. The van der Waals surface area contributed by atoms with Crippen molar-refractivity contribution in [1.29, 1.82) is 0 Å². The number of benzene rings is 1. The van der Waals surface area contributed by atoms with Crippen molar-refractivity contribution in [3.63, 3.8) is 0 Å². The zero-order valence-electron chi connectivity index (χ0n) is 9.45. The average molecular weight is 298 g/mol. The van der Waals surface area contributed by atoms with Crippen molar-refractivity contribution in [1.82, 2.24) is 9.78 Å². The Morgan fingerprint density at radius 1 is 1.47 bits per heavy atom.